The minimum atomic E-state index is -5.84. The normalized spacial score (nSPS) is 31.3. The van der Waals surface area contributed by atoms with Crippen LogP contribution in [0.15, 0.2) is 35.3 Å². The summed E-state index contributed by atoms with van der Waals surface area (Å²) in [5, 5.41) is 0. The number of allylic oxidation sites excluding steroid dienone is 6. The Balaban J connectivity index is 1.40. The summed E-state index contributed by atoms with van der Waals surface area (Å²) in [7, 11) is -5.84. The van der Waals surface area contributed by atoms with E-state index in [-0.39, 0.29) is 35.7 Å². The van der Waals surface area contributed by atoms with Crippen LogP contribution in [-0.2, 0) is 20.5 Å². The average Bonchev–Trinajstić information content (AvgIpc) is 3.19. The molecule has 1 fully saturated rings. The summed E-state index contributed by atoms with van der Waals surface area (Å²) >= 11 is 0. The zero-order valence-electron chi connectivity index (χ0n) is 22.0. The second-order valence-corrected chi connectivity index (χ2v) is 13.1. The Morgan fingerprint density at radius 3 is 2.02 bits per heavy atom. The van der Waals surface area contributed by atoms with Gasteiger partial charge < -0.3 is 8.92 Å². The van der Waals surface area contributed by atoms with Crippen LogP contribution in [-0.4, -0.2) is 13.9 Å². The van der Waals surface area contributed by atoms with Gasteiger partial charge in [-0.1, -0.05) is 19.9 Å². The molecule has 232 valence electrons. The van der Waals surface area contributed by atoms with Gasteiger partial charge >= 0.3 is 21.8 Å². The van der Waals surface area contributed by atoms with Crippen molar-refractivity contribution in [3.05, 3.63) is 64.2 Å². The highest BCUT2D eigenvalue weighted by molar-refractivity contribution is 7.87. The number of rotatable bonds is 4. The molecule has 0 spiro atoms. The van der Waals surface area contributed by atoms with E-state index in [9.17, 15) is 52.3 Å². The fourth-order valence-corrected chi connectivity index (χ4v) is 7.87. The molecule has 0 N–H and O–H groups in total. The smallest absolute Gasteiger partial charge is 0.455 e. The summed E-state index contributed by atoms with van der Waals surface area (Å²) in [6.07, 6.45) is 0.798. The summed E-state index contributed by atoms with van der Waals surface area (Å²) in [5.41, 5.74) is -9.11. The van der Waals surface area contributed by atoms with Crippen molar-refractivity contribution in [1.82, 2.24) is 0 Å². The Labute approximate surface area is 234 Å². The zero-order valence-corrected chi connectivity index (χ0v) is 22.8. The van der Waals surface area contributed by atoms with Gasteiger partial charge in [0.1, 0.15) is 17.1 Å². The third-order valence-corrected chi connectivity index (χ3v) is 10.4. The third-order valence-electron chi connectivity index (χ3n) is 9.46. The molecule has 0 aromatic heterocycles. The lowest BCUT2D eigenvalue weighted by atomic mass is 9.48. The van der Waals surface area contributed by atoms with Crippen LogP contribution in [0.3, 0.4) is 0 Å². The monoisotopic (exact) mass is 634 g/mol. The number of alkyl halides is 6. The first-order valence-electron chi connectivity index (χ1n) is 13.0. The van der Waals surface area contributed by atoms with Crippen LogP contribution in [0.4, 0.5) is 43.9 Å². The standard InChI is InChI=1S/C27H24F10O4S/c1-24-9-7-13(40-23-21(30)19(28)18(26(32,33)34)20(29)22(23)31)11-12(24)3-4-14-15-5-6-17(25(15,2)10-8-16(14)24)41-42(38,39)27(35,36)37/h3,6,11,14-16H,4-5,7-10H2,1-2H3/t14-,15-,16-,24-,25-/m0/s1. The predicted molar refractivity (Wildman–Crippen MR) is 127 cm³/mol. The highest BCUT2D eigenvalue weighted by Crippen LogP contribution is 2.65. The number of halogens is 10. The van der Waals surface area contributed by atoms with Gasteiger partial charge in [-0.05, 0) is 73.0 Å². The molecule has 1 aromatic rings. The zero-order chi connectivity index (χ0) is 31.2. The van der Waals surface area contributed by atoms with Crippen LogP contribution >= 0.6 is 0 Å². The van der Waals surface area contributed by atoms with Crippen LogP contribution in [0.5, 0.6) is 5.75 Å². The van der Waals surface area contributed by atoms with Gasteiger partial charge in [-0.2, -0.15) is 43.5 Å². The molecule has 4 aliphatic carbocycles. The predicted octanol–water partition coefficient (Wildman–Crippen LogP) is 8.46. The molecular weight excluding hydrogens is 610 g/mol. The molecule has 0 radical (unpaired) electrons. The maximum absolute atomic E-state index is 14.4. The number of hydrogen-bond acceptors (Lipinski definition) is 4. The molecule has 0 saturated heterocycles. The lowest BCUT2D eigenvalue weighted by molar-refractivity contribution is -0.143. The quantitative estimate of drug-likeness (QED) is 0.144. The number of fused-ring (bicyclic) bond motifs is 5. The lowest BCUT2D eigenvalue weighted by Gasteiger charge is -2.56. The SMILES string of the molecule is C[C@]12CCC(Oc3c(F)c(F)c(C(F)(F)F)c(F)c3F)=CC1=CC[C@@H]1[C@@H]2CC[C@]2(C)C(OS(=O)(=O)C(F)(F)F)=CC[C@@H]12. The molecule has 5 atom stereocenters. The Kier molecular flexibility index (Phi) is 7.06. The van der Waals surface area contributed by atoms with E-state index < -0.39 is 67.2 Å². The highest BCUT2D eigenvalue weighted by atomic mass is 32.2. The summed E-state index contributed by atoms with van der Waals surface area (Å²) in [5.74, 6) is -12.2. The molecule has 5 rings (SSSR count). The van der Waals surface area contributed by atoms with Crippen LogP contribution in [0.2, 0.25) is 0 Å². The summed E-state index contributed by atoms with van der Waals surface area (Å²) in [6, 6.07) is 0. The minimum Gasteiger partial charge on any atom is -0.455 e. The molecular formula is C27H24F10O4S. The van der Waals surface area contributed by atoms with E-state index in [1.54, 1.807) is 13.0 Å². The largest absolute Gasteiger partial charge is 0.534 e. The molecule has 1 aromatic carbocycles. The maximum atomic E-state index is 14.4. The number of ether oxygens (including phenoxy) is 1. The molecule has 4 nitrogen and oxygen atoms in total. The van der Waals surface area contributed by atoms with Crippen molar-refractivity contribution in [3.8, 4) is 5.75 Å². The Bertz CT molecular complexity index is 1500. The molecule has 15 heteroatoms. The maximum Gasteiger partial charge on any atom is 0.534 e. The molecule has 0 aliphatic heterocycles. The summed E-state index contributed by atoms with van der Waals surface area (Å²) in [6.45, 7) is 3.61. The minimum absolute atomic E-state index is 0.0125. The van der Waals surface area contributed by atoms with Gasteiger partial charge in [0.2, 0.25) is 17.4 Å². The first-order chi connectivity index (χ1) is 19.2. The van der Waals surface area contributed by atoms with E-state index in [0.29, 0.717) is 37.7 Å². The molecule has 42 heavy (non-hydrogen) atoms. The molecule has 0 amide bonds. The molecule has 1 saturated carbocycles. The van der Waals surface area contributed by atoms with Crippen molar-refractivity contribution < 1.29 is 61.2 Å². The second kappa shape index (κ2) is 9.65. The second-order valence-electron chi connectivity index (χ2n) is 11.6. The topological polar surface area (TPSA) is 52.6 Å². The van der Waals surface area contributed by atoms with Crippen molar-refractivity contribution in [2.24, 2.45) is 28.6 Å². The Hall–Kier alpha value is -2.71. The van der Waals surface area contributed by atoms with Crippen molar-refractivity contribution in [2.75, 3.05) is 0 Å². The third kappa shape index (κ3) is 4.60. The van der Waals surface area contributed by atoms with E-state index in [1.165, 1.54) is 12.2 Å². The highest BCUT2D eigenvalue weighted by Gasteiger charge is 2.59. The van der Waals surface area contributed by atoms with Gasteiger partial charge in [0.25, 0.3) is 0 Å². The van der Waals surface area contributed by atoms with E-state index in [1.807, 2.05) is 6.92 Å². The Morgan fingerprint density at radius 1 is 0.833 bits per heavy atom. The Morgan fingerprint density at radius 2 is 1.45 bits per heavy atom. The van der Waals surface area contributed by atoms with E-state index in [4.69, 9.17) is 4.74 Å². The van der Waals surface area contributed by atoms with Crippen LogP contribution in [0.25, 0.3) is 0 Å². The van der Waals surface area contributed by atoms with Gasteiger partial charge in [-0.25, -0.2) is 8.78 Å². The van der Waals surface area contributed by atoms with Crippen LogP contribution in [0.1, 0.15) is 57.9 Å². The first-order valence-corrected chi connectivity index (χ1v) is 14.4. The molecule has 0 bridgehead atoms. The molecule has 4 aliphatic rings. The summed E-state index contributed by atoms with van der Waals surface area (Å²) < 4.78 is 168. The first kappa shape index (κ1) is 30.7. The van der Waals surface area contributed by atoms with Gasteiger partial charge in [-0.3, -0.25) is 0 Å². The number of benzene rings is 1. The van der Waals surface area contributed by atoms with Gasteiger partial charge in [0.05, 0.1) is 0 Å². The van der Waals surface area contributed by atoms with Crippen LogP contribution < -0.4 is 4.74 Å². The summed E-state index contributed by atoms with van der Waals surface area (Å²) in [4.78, 5) is 0. The van der Waals surface area contributed by atoms with Crippen molar-refractivity contribution in [2.45, 2.75) is 64.1 Å². The fraction of sp³-hybridized carbons (Fsp3) is 0.556. The van der Waals surface area contributed by atoms with Gasteiger partial charge in [-0.15, -0.1) is 0 Å². The average molecular weight is 635 g/mol. The van der Waals surface area contributed by atoms with E-state index in [2.05, 4.69) is 4.18 Å². The van der Waals surface area contributed by atoms with Gasteiger partial charge in [0, 0.05) is 11.8 Å². The van der Waals surface area contributed by atoms with Crippen molar-refractivity contribution >= 4 is 10.1 Å². The fourth-order valence-electron chi connectivity index (χ4n) is 7.28. The molecule has 0 heterocycles. The van der Waals surface area contributed by atoms with E-state index >= 15 is 0 Å². The van der Waals surface area contributed by atoms with Gasteiger partial charge in [0.15, 0.2) is 11.6 Å². The van der Waals surface area contributed by atoms with Crippen LogP contribution in [0, 0.1) is 51.9 Å². The number of hydrogen-bond donors (Lipinski definition) is 0. The van der Waals surface area contributed by atoms with Crippen molar-refractivity contribution in [3.63, 3.8) is 0 Å². The molecule has 0 unspecified atom stereocenters. The lowest BCUT2D eigenvalue weighted by Crippen LogP contribution is -2.49. The van der Waals surface area contributed by atoms with E-state index in [0.717, 1.165) is 0 Å². The van der Waals surface area contributed by atoms with Crippen molar-refractivity contribution in [1.29, 1.82) is 0 Å².